The zero-order chi connectivity index (χ0) is 13.1. The number of furan rings is 1. The zero-order valence-corrected chi connectivity index (χ0v) is 10.3. The number of hydrogen-bond donors (Lipinski definition) is 2. The fourth-order valence-electron chi connectivity index (χ4n) is 1.74. The number of urea groups is 1. The normalized spacial score (nSPS) is 19.2. The van der Waals surface area contributed by atoms with Crippen molar-refractivity contribution in [3.8, 4) is 0 Å². The highest BCUT2D eigenvalue weighted by atomic mass is 35.5. The van der Waals surface area contributed by atoms with Crippen LogP contribution in [0, 0.1) is 0 Å². The predicted octanol–water partition coefficient (Wildman–Crippen LogP) is 1.30. The summed E-state index contributed by atoms with van der Waals surface area (Å²) >= 11 is 5.73. The highest BCUT2D eigenvalue weighted by Crippen LogP contribution is 2.28. The molecule has 0 aliphatic carbocycles. The first-order valence-corrected chi connectivity index (χ1v) is 5.69. The molecule has 0 bridgehead atoms. The van der Waals surface area contributed by atoms with Gasteiger partial charge in [-0.1, -0.05) is 0 Å². The van der Waals surface area contributed by atoms with Crippen molar-refractivity contribution in [1.29, 1.82) is 0 Å². The van der Waals surface area contributed by atoms with Crippen molar-refractivity contribution in [3.63, 3.8) is 0 Å². The highest BCUT2D eigenvalue weighted by Gasteiger charge is 2.34. The van der Waals surface area contributed by atoms with Crippen molar-refractivity contribution < 1.29 is 18.7 Å². The summed E-state index contributed by atoms with van der Waals surface area (Å²) in [5.41, 5.74) is 0.552. The van der Waals surface area contributed by atoms with Gasteiger partial charge in [-0.15, -0.1) is 11.6 Å². The number of methoxy groups -OCH3 is 1. The average molecular weight is 271 g/mol. The highest BCUT2D eigenvalue weighted by molar-refractivity contribution is 6.20. The topological polar surface area (TPSA) is 80.6 Å². The van der Waals surface area contributed by atoms with Crippen molar-refractivity contribution in [2.75, 3.05) is 13.0 Å². The number of allylic oxidation sites excluding steroid dienone is 1. The van der Waals surface area contributed by atoms with Gasteiger partial charge in [0.05, 0.1) is 24.8 Å². The number of hydrogen-bond acceptors (Lipinski definition) is 4. The van der Waals surface area contributed by atoms with Gasteiger partial charge < -0.3 is 19.8 Å². The number of esters is 1. The lowest BCUT2D eigenvalue weighted by Crippen LogP contribution is -2.46. The Bertz CT molecular complexity index is 495. The fourth-order valence-corrected chi connectivity index (χ4v) is 1.95. The van der Waals surface area contributed by atoms with Gasteiger partial charge in [0.2, 0.25) is 0 Å². The molecule has 0 unspecified atom stereocenters. The number of carbonyl (C=O) groups is 2. The van der Waals surface area contributed by atoms with Crippen LogP contribution in [0.15, 0.2) is 34.1 Å². The second-order valence-electron chi connectivity index (χ2n) is 3.56. The van der Waals surface area contributed by atoms with E-state index in [1.54, 1.807) is 12.1 Å². The van der Waals surface area contributed by atoms with E-state index in [1.807, 2.05) is 0 Å². The Hall–Kier alpha value is -1.95. The van der Waals surface area contributed by atoms with E-state index in [2.05, 4.69) is 10.6 Å². The molecule has 2 rings (SSSR count). The molecule has 0 spiro atoms. The predicted molar refractivity (Wildman–Crippen MR) is 62.9 cm³/mol. The van der Waals surface area contributed by atoms with Crippen LogP contribution in [-0.4, -0.2) is 25.0 Å². The van der Waals surface area contributed by atoms with Gasteiger partial charge in [0.15, 0.2) is 0 Å². The summed E-state index contributed by atoms with van der Waals surface area (Å²) in [5, 5.41) is 5.07. The summed E-state index contributed by atoms with van der Waals surface area (Å²) in [6, 6.07) is 2.18. The van der Waals surface area contributed by atoms with Crippen LogP contribution in [0.4, 0.5) is 4.79 Å². The molecule has 6 nitrogen and oxygen atoms in total. The van der Waals surface area contributed by atoms with Gasteiger partial charge in [0, 0.05) is 5.70 Å². The van der Waals surface area contributed by atoms with E-state index in [1.165, 1.54) is 13.4 Å². The minimum atomic E-state index is -0.699. The standard InChI is InChI=1S/C11H11ClN2O4/c1-17-10(15)8-6(5-12)13-11(16)14-9(8)7-3-2-4-18-7/h2-4,9H,5H2,1H3,(H2,13,14,16)/t9-/m0/s1. The molecule has 2 heterocycles. The van der Waals surface area contributed by atoms with Crippen molar-refractivity contribution in [1.82, 2.24) is 10.6 Å². The molecule has 1 aromatic heterocycles. The van der Waals surface area contributed by atoms with Gasteiger partial charge in [-0.25, -0.2) is 9.59 Å². The van der Waals surface area contributed by atoms with E-state index in [4.69, 9.17) is 20.8 Å². The monoisotopic (exact) mass is 270 g/mol. The molecule has 96 valence electrons. The lowest BCUT2D eigenvalue weighted by molar-refractivity contribution is -0.136. The second kappa shape index (κ2) is 5.14. The third-order valence-electron chi connectivity index (χ3n) is 2.52. The van der Waals surface area contributed by atoms with Gasteiger partial charge >= 0.3 is 12.0 Å². The maximum absolute atomic E-state index is 11.8. The number of amides is 2. The van der Waals surface area contributed by atoms with Crippen molar-refractivity contribution in [2.24, 2.45) is 0 Å². The van der Waals surface area contributed by atoms with Gasteiger partial charge in [-0.05, 0) is 12.1 Å². The third-order valence-corrected chi connectivity index (χ3v) is 2.79. The minimum Gasteiger partial charge on any atom is -0.467 e. The summed E-state index contributed by atoms with van der Waals surface area (Å²) in [6.07, 6.45) is 1.46. The summed E-state index contributed by atoms with van der Waals surface area (Å²) in [6.45, 7) is 0. The largest absolute Gasteiger partial charge is 0.467 e. The molecule has 0 saturated heterocycles. The first-order valence-electron chi connectivity index (χ1n) is 5.15. The number of halogens is 1. The van der Waals surface area contributed by atoms with Crippen LogP contribution < -0.4 is 10.6 Å². The second-order valence-corrected chi connectivity index (χ2v) is 3.83. The Morgan fingerprint density at radius 1 is 1.61 bits per heavy atom. The minimum absolute atomic E-state index is 0.00490. The van der Waals surface area contributed by atoms with Crippen LogP contribution in [0.1, 0.15) is 11.8 Å². The number of alkyl halides is 1. The van der Waals surface area contributed by atoms with Crippen molar-refractivity contribution in [3.05, 3.63) is 35.4 Å². The van der Waals surface area contributed by atoms with Gasteiger partial charge in [0.1, 0.15) is 11.8 Å². The molecule has 2 N–H and O–H groups in total. The summed E-state index contributed by atoms with van der Waals surface area (Å²) in [7, 11) is 1.26. The molecule has 7 heteroatoms. The Morgan fingerprint density at radius 3 is 2.94 bits per heavy atom. The Balaban J connectivity index is 2.48. The summed E-state index contributed by atoms with van der Waals surface area (Å²) < 4.78 is 9.91. The maximum atomic E-state index is 11.8. The molecule has 2 amide bonds. The number of rotatable bonds is 3. The fraction of sp³-hybridized carbons (Fsp3) is 0.273. The smallest absolute Gasteiger partial charge is 0.338 e. The van der Waals surface area contributed by atoms with Gasteiger partial charge in [-0.2, -0.15) is 0 Å². The van der Waals surface area contributed by atoms with Crippen LogP contribution in [0.3, 0.4) is 0 Å². The van der Waals surface area contributed by atoms with E-state index in [0.29, 0.717) is 11.5 Å². The molecule has 0 saturated carbocycles. The molecule has 0 fully saturated rings. The third kappa shape index (κ3) is 2.19. The molecule has 18 heavy (non-hydrogen) atoms. The molecule has 1 atom stereocenters. The van der Waals surface area contributed by atoms with Crippen molar-refractivity contribution >= 4 is 23.6 Å². The van der Waals surface area contributed by atoms with Gasteiger partial charge in [0.25, 0.3) is 0 Å². The first-order chi connectivity index (χ1) is 8.67. The van der Waals surface area contributed by atoms with Crippen LogP contribution in [0.2, 0.25) is 0 Å². The lowest BCUT2D eigenvalue weighted by Gasteiger charge is -2.26. The van der Waals surface area contributed by atoms with Crippen LogP contribution >= 0.6 is 11.6 Å². The van der Waals surface area contributed by atoms with E-state index < -0.39 is 18.0 Å². The lowest BCUT2D eigenvalue weighted by atomic mass is 10.0. The summed E-state index contributed by atoms with van der Waals surface area (Å²) in [4.78, 5) is 23.3. The molecule has 0 aromatic carbocycles. The maximum Gasteiger partial charge on any atom is 0.338 e. The van der Waals surface area contributed by atoms with Crippen LogP contribution in [0.5, 0.6) is 0 Å². The Labute approximate surface area is 108 Å². The molecule has 1 aromatic rings. The number of ether oxygens (including phenoxy) is 1. The number of carbonyl (C=O) groups excluding carboxylic acids is 2. The molecule has 1 aliphatic heterocycles. The Morgan fingerprint density at radius 2 is 2.39 bits per heavy atom. The van der Waals surface area contributed by atoms with E-state index >= 15 is 0 Å². The first kappa shape index (κ1) is 12.5. The van der Waals surface area contributed by atoms with Gasteiger partial charge in [-0.3, -0.25) is 0 Å². The van der Waals surface area contributed by atoms with Crippen molar-refractivity contribution in [2.45, 2.75) is 6.04 Å². The Kier molecular flexibility index (Phi) is 3.57. The molecule has 1 aliphatic rings. The van der Waals surface area contributed by atoms with E-state index in [9.17, 15) is 9.59 Å². The molecular weight excluding hydrogens is 260 g/mol. The van der Waals surface area contributed by atoms with E-state index in [-0.39, 0.29) is 11.5 Å². The molecular formula is C11H11ClN2O4. The average Bonchev–Trinajstić information content (AvgIpc) is 2.90. The van der Waals surface area contributed by atoms with E-state index in [0.717, 1.165) is 0 Å². The number of nitrogens with one attached hydrogen (secondary N) is 2. The molecule has 0 radical (unpaired) electrons. The quantitative estimate of drug-likeness (QED) is 0.641. The summed E-state index contributed by atoms with van der Waals surface area (Å²) in [5.74, 6) is -0.137. The SMILES string of the molecule is COC(=O)C1=C(CCl)NC(=O)N[C@H]1c1ccco1. The zero-order valence-electron chi connectivity index (χ0n) is 9.53. The van der Waals surface area contributed by atoms with Crippen LogP contribution in [-0.2, 0) is 9.53 Å². The van der Waals surface area contributed by atoms with Crippen LogP contribution in [0.25, 0.3) is 0 Å².